The zero-order chi connectivity index (χ0) is 11.4. The highest BCUT2D eigenvalue weighted by Crippen LogP contribution is 2.09. The number of amides is 1. The molecule has 1 aliphatic rings. The molecule has 1 heterocycles. The van der Waals surface area contributed by atoms with Gasteiger partial charge in [0, 0.05) is 17.6 Å². The molecule has 1 amide bonds. The number of hydrogen-bond acceptors (Lipinski definition) is 2. The van der Waals surface area contributed by atoms with E-state index in [-0.39, 0.29) is 11.9 Å². The standard InChI is InChI=1S/C13H18N2O/c1-10-12(8-5-9-14-10)15-13(16)11-6-3-2-4-7-11/h2-4,6-7,10,12,14H,5,8-9H2,1H3,(H,15,16). The van der Waals surface area contributed by atoms with E-state index < -0.39 is 0 Å². The fourth-order valence-electron chi connectivity index (χ4n) is 2.08. The molecule has 0 aliphatic carbocycles. The highest BCUT2D eigenvalue weighted by Gasteiger charge is 2.22. The maximum absolute atomic E-state index is 11.9. The molecule has 1 saturated heterocycles. The Morgan fingerprint density at radius 1 is 1.38 bits per heavy atom. The predicted molar refractivity (Wildman–Crippen MR) is 64.4 cm³/mol. The Balaban J connectivity index is 1.96. The van der Waals surface area contributed by atoms with Gasteiger partial charge in [0.2, 0.25) is 0 Å². The van der Waals surface area contributed by atoms with E-state index in [1.165, 1.54) is 0 Å². The molecule has 2 unspecified atom stereocenters. The summed E-state index contributed by atoms with van der Waals surface area (Å²) < 4.78 is 0. The van der Waals surface area contributed by atoms with E-state index in [0.29, 0.717) is 6.04 Å². The lowest BCUT2D eigenvalue weighted by Crippen LogP contribution is -2.51. The van der Waals surface area contributed by atoms with E-state index in [2.05, 4.69) is 17.6 Å². The SMILES string of the molecule is CC1NCCCC1NC(=O)c1ccccc1. The van der Waals surface area contributed by atoms with Crippen LogP contribution in [0.15, 0.2) is 30.3 Å². The number of carbonyl (C=O) groups excluding carboxylic acids is 1. The van der Waals surface area contributed by atoms with Crippen LogP contribution in [0.4, 0.5) is 0 Å². The fraction of sp³-hybridized carbons (Fsp3) is 0.462. The topological polar surface area (TPSA) is 41.1 Å². The molecule has 2 atom stereocenters. The van der Waals surface area contributed by atoms with Gasteiger partial charge in [-0.3, -0.25) is 4.79 Å². The molecule has 2 N–H and O–H groups in total. The van der Waals surface area contributed by atoms with Gasteiger partial charge in [0.15, 0.2) is 0 Å². The Labute approximate surface area is 96.2 Å². The second-order valence-corrected chi connectivity index (χ2v) is 4.33. The van der Waals surface area contributed by atoms with Crippen molar-refractivity contribution in [2.24, 2.45) is 0 Å². The summed E-state index contributed by atoms with van der Waals surface area (Å²) in [6.45, 7) is 3.17. The number of hydrogen-bond donors (Lipinski definition) is 2. The average molecular weight is 218 g/mol. The van der Waals surface area contributed by atoms with Gasteiger partial charge in [-0.2, -0.15) is 0 Å². The van der Waals surface area contributed by atoms with Crippen LogP contribution < -0.4 is 10.6 Å². The van der Waals surface area contributed by atoms with E-state index in [4.69, 9.17) is 0 Å². The highest BCUT2D eigenvalue weighted by atomic mass is 16.1. The van der Waals surface area contributed by atoms with Crippen LogP contribution in [-0.4, -0.2) is 24.5 Å². The smallest absolute Gasteiger partial charge is 0.251 e. The van der Waals surface area contributed by atoms with Gasteiger partial charge in [-0.1, -0.05) is 18.2 Å². The van der Waals surface area contributed by atoms with E-state index in [0.717, 1.165) is 24.9 Å². The van der Waals surface area contributed by atoms with Gasteiger partial charge >= 0.3 is 0 Å². The molecule has 0 saturated carbocycles. The van der Waals surface area contributed by atoms with Crippen LogP contribution in [0.5, 0.6) is 0 Å². The third kappa shape index (κ3) is 2.61. The molecule has 3 nitrogen and oxygen atoms in total. The summed E-state index contributed by atoms with van der Waals surface area (Å²) in [5.74, 6) is 0.0288. The highest BCUT2D eigenvalue weighted by molar-refractivity contribution is 5.94. The number of benzene rings is 1. The van der Waals surface area contributed by atoms with Crippen molar-refractivity contribution >= 4 is 5.91 Å². The molecule has 1 aromatic carbocycles. The molecular weight excluding hydrogens is 200 g/mol. The largest absolute Gasteiger partial charge is 0.348 e. The van der Waals surface area contributed by atoms with E-state index in [9.17, 15) is 4.79 Å². The van der Waals surface area contributed by atoms with Crippen LogP contribution in [0.25, 0.3) is 0 Å². The second-order valence-electron chi connectivity index (χ2n) is 4.33. The first-order chi connectivity index (χ1) is 7.77. The maximum atomic E-state index is 11.9. The zero-order valence-electron chi connectivity index (χ0n) is 9.57. The Morgan fingerprint density at radius 3 is 2.81 bits per heavy atom. The summed E-state index contributed by atoms with van der Waals surface area (Å²) in [6, 6.07) is 9.99. The molecule has 0 spiro atoms. The molecule has 16 heavy (non-hydrogen) atoms. The Bertz CT molecular complexity index is 350. The monoisotopic (exact) mass is 218 g/mol. The van der Waals surface area contributed by atoms with Crippen molar-refractivity contribution in [3.63, 3.8) is 0 Å². The second kappa shape index (κ2) is 5.12. The summed E-state index contributed by atoms with van der Waals surface area (Å²) in [6.07, 6.45) is 2.19. The van der Waals surface area contributed by atoms with E-state index >= 15 is 0 Å². The molecule has 3 heteroatoms. The van der Waals surface area contributed by atoms with Crippen LogP contribution in [0, 0.1) is 0 Å². The van der Waals surface area contributed by atoms with Crippen molar-refractivity contribution in [1.82, 2.24) is 10.6 Å². The van der Waals surface area contributed by atoms with Gasteiger partial charge in [-0.15, -0.1) is 0 Å². The zero-order valence-corrected chi connectivity index (χ0v) is 9.57. The summed E-state index contributed by atoms with van der Waals surface area (Å²) >= 11 is 0. The van der Waals surface area contributed by atoms with Gasteiger partial charge < -0.3 is 10.6 Å². The predicted octanol–water partition coefficient (Wildman–Crippen LogP) is 1.56. The summed E-state index contributed by atoms with van der Waals surface area (Å²) in [7, 11) is 0. The van der Waals surface area contributed by atoms with Gasteiger partial charge in [0.05, 0.1) is 0 Å². The van der Waals surface area contributed by atoms with Crippen molar-refractivity contribution in [2.45, 2.75) is 31.8 Å². The third-order valence-corrected chi connectivity index (χ3v) is 3.11. The third-order valence-electron chi connectivity index (χ3n) is 3.11. The quantitative estimate of drug-likeness (QED) is 0.791. The van der Waals surface area contributed by atoms with E-state index in [1.807, 2.05) is 30.3 Å². The van der Waals surface area contributed by atoms with Crippen LogP contribution in [0.2, 0.25) is 0 Å². The average Bonchev–Trinajstić information content (AvgIpc) is 2.33. The number of nitrogens with one attached hydrogen (secondary N) is 2. The summed E-state index contributed by atoms with van der Waals surface area (Å²) in [4.78, 5) is 11.9. The van der Waals surface area contributed by atoms with Crippen molar-refractivity contribution in [1.29, 1.82) is 0 Å². The first-order valence-electron chi connectivity index (χ1n) is 5.86. The normalized spacial score (nSPS) is 25.1. The molecule has 0 aromatic heterocycles. The molecule has 0 bridgehead atoms. The van der Waals surface area contributed by atoms with Gasteiger partial charge in [0.1, 0.15) is 0 Å². The molecule has 1 fully saturated rings. The molecule has 1 aromatic rings. The minimum Gasteiger partial charge on any atom is -0.348 e. The van der Waals surface area contributed by atoms with Gasteiger partial charge in [0.25, 0.3) is 5.91 Å². The first kappa shape index (κ1) is 11.1. The maximum Gasteiger partial charge on any atom is 0.251 e. The lowest BCUT2D eigenvalue weighted by Gasteiger charge is -2.30. The van der Waals surface area contributed by atoms with Crippen LogP contribution in [0.3, 0.4) is 0 Å². The first-order valence-corrected chi connectivity index (χ1v) is 5.86. The number of piperidine rings is 1. The van der Waals surface area contributed by atoms with Crippen molar-refractivity contribution in [2.75, 3.05) is 6.54 Å². The van der Waals surface area contributed by atoms with Crippen LogP contribution in [-0.2, 0) is 0 Å². The molecular formula is C13H18N2O. The molecule has 1 aliphatic heterocycles. The molecule has 0 radical (unpaired) electrons. The van der Waals surface area contributed by atoms with E-state index in [1.54, 1.807) is 0 Å². The number of carbonyl (C=O) groups is 1. The van der Waals surface area contributed by atoms with Crippen LogP contribution >= 0.6 is 0 Å². The van der Waals surface area contributed by atoms with Crippen molar-refractivity contribution in [3.05, 3.63) is 35.9 Å². The number of rotatable bonds is 2. The Hall–Kier alpha value is -1.35. The van der Waals surface area contributed by atoms with Crippen LogP contribution in [0.1, 0.15) is 30.1 Å². The Morgan fingerprint density at radius 2 is 2.12 bits per heavy atom. The molecule has 2 rings (SSSR count). The fourth-order valence-corrected chi connectivity index (χ4v) is 2.08. The van der Waals surface area contributed by atoms with Gasteiger partial charge in [-0.25, -0.2) is 0 Å². The lowest BCUT2D eigenvalue weighted by atomic mass is 9.99. The van der Waals surface area contributed by atoms with Crippen molar-refractivity contribution in [3.8, 4) is 0 Å². The minimum absolute atomic E-state index is 0.0288. The molecule has 86 valence electrons. The van der Waals surface area contributed by atoms with Gasteiger partial charge in [-0.05, 0) is 38.4 Å². The van der Waals surface area contributed by atoms with Crippen molar-refractivity contribution < 1.29 is 4.79 Å². The summed E-state index contributed by atoms with van der Waals surface area (Å²) in [5.41, 5.74) is 0.736. The summed E-state index contributed by atoms with van der Waals surface area (Å²) in [5, 5.41) is 6.46. The lowest BCUT2D eigenvalue weighted by molar-refractivity contribution is 0.0920. The Kier molecular flexibility index (Phi) is 3.57. The minimum atomic E-state index is 0.0288.